The number of anilines is 3. The number of rotatable bonds is 3. The van der Waals surface area contributed by atoms with E-state index in [1.54, 1.807) is 24.3 Å². The molecule has 102 valence electrons. The minimum absolute atomic E-state index is 0.0585. The second-order valence-corrected chi connectivity index (χ2v) is 4.15. The first-order valence-electron chi connectivity index (χ1n) is 5.77. The summed E-state index contributed by atoms with van der Waals surface area (Å²) in [6.45, 7) is 0. The fourth-order valence-electron chi connectivity index (χ4n) is 1.76. The fourth-order valence-corrected chi connectivity index (χ4v) is 1.76. The van der Waals surface area contributed by atoms with Gasteiger partial charge in [-0.3, -0.25) is 4.79 Å². The van der Waals surface area contributed by atoms with Gasteiger partial charge in [0.1, 0.15) is 0 Å². The van der Waals surface area contributed by atoms with Gasteiger partial charge in [-0.25, -0.2) is 4.79 Å². The highest BCUT2D eigenvalue weighted by Gasteiger charge is 2.19. The number of nitrogen functional groups attached to an aromatic ring is 2. The number of benzene rings is 2. The van der Waals surface area contributed by atoms with Crippen molar-refractivity contribution in [3.8, 4) is 0 Å². The Kier molecular flexibility index (Phi) is 3.56. The summed E-state index contributed by atoms with van der Waals surface area (Å²) < 4.78 is 0. The molecule has 0 heterocycles. The lowest BCUT2D eigenvalue weighted by atomic mass is 10.0. The Morgan fingerprint density at radius 3 is 2.25 bits per heavy atom. The van der Waals surface area contributed by atoms with Crippen LogP contribution in [0.2, 0.25) is 0 Å². The highest BCUT2D eigenvalue weighted by molar-refractivity contribution is 6.13. The zero-order valence-corrected chi connectivity index (χ0v) is 10.5. The Morgan fingerprint density at radius 1 is 1.00 bits per heavy atom. The van der Waals surface area contributed by atoms with Gasteiger partial charge < -0.3 is 21.9 Å². The van der Waals surface area contributed by atoms with Gasteiger partial charge in [-0.2, -0.15) is 0 Å². The standard InChI is InChI=1S/C14H13N3O3/c15-8-4-6-9(7-5-8)17-13(18)12-10(14(19)20)2-1-3-11(12)16/h1-7H,15-16H2,(H,17,18)(H,19,20). The molecule has 20 heavy (non-hydrogen) atoms. The molecular formula is C14H13N3O3. The maximum Gasteiger partial charge on any atom is 0.336 e. The van der Waals surface area contributed by atoms with E-state index < -0.39 is 11.9 Å². The number of nitrogens with two attached hydrogens (primary N) is 2. The quantitative estimate of drug-likeness (QED) is 0.635. The van der Waals surface area contributed by atoms with Crippen LogP contribution in [0.3, 0.4) is 0 Å². The third kappa shape index (κ3) is 2.69. The van der Waals surface area contributed by atoms with Crippen molar-refractivity contribution in [2.45, 2.75) is 0 Å². The molecule has 0 bridgehead atoms. The van der Waals surface area contributed by atoms with Crippen LogP contribution in [-0.4, -0.2) is 17.0 Å². The molecule has 0 unspecified atom stereocenters. The van der Waals surface area contributed by atoms with Gasteiger partial charge in [0.05, 0.1) is 11.1 Å². The van der Waals surface area contributed by atoms with E-state index in [1.165, 1.54) is 18.2 Å². The first-order valence-corrected chi connectivity index (χ1v) is 5.77. The van der Waals surface area contributed by atoms with Gasteiger partial charge in [0, 0.05) is 17.1 Å². The van der Waals surface area contributed by atoms with Gasteiger partial charge in [0.15, 0.2) is 0 Å². The molecule has 0 spiro atoms. The average Bonchev–Trinajstić information content (AvgIpc) is 2.40. The molecule has 1 amide bonds. The van der Waals surface area contributed by atoms with E-state index in [9.17, 15) is 9.59 Å². The molecule has 0 saturated heterocycles. The first-order chi connectivity index (χ1) is 9.49. The fraction of sp³-hybridized carbons (Fsp3) is 0. The number of nitrogens with one attached hydrogen (secondary N) is 1. The molecule has 2 aromatic rings. The smallest absolute Gasteiger partial charge is 0.336 e. The summed E-state index contributed by atoms with van der Waals surface area (Å²) in [4.78, 5) is 23.3. The predicted molar refractivity (Wildman–Crippen MR) is 76.6 cm³/mol. The van der Waals surface area contributed by atoms with Crippen LogP contribution in [0.25, 0.3) is 0 Å². The lowest BCUT2D eigenvalue weighted by Crippen LogP contribution is -2.18. The predicted octanol–water partition coefficient (Wildman–Crippen LogP) is 1.80. The van der Waals surface area contributed by atoms with Gasteiger partial charge in [0.25, 0.3) is 5.91 Å². The van der Waals surface area contributed by atoms with Crippen LogP contribution in [0.1, 0.15) is 20.7 Å². The van der Waals surface area contributed by atoms with E-state index in [1.807, 2.05) is 0 Å². The SMILES string of the molecule is Nc1ccc(NC(=O)c2c(N)cccc2C(=O)O)cc1. The van der Waals surface area contributed by atoms with Crippen LogP contribution in [0, 0.1) is 0 Å². The number of carboxylic acid groups (broad SMARTS) is 1. The van der Waals surface area contributed by atoms with E-state index in [0.717, 1.165) is 0 Å². The number of carbonyl (C=O) groups excluding carboxylic acids is 1. The summed E-state index contributed by atoms with van der Waals surface area (Å²) in [5.74, 6) is -1.79. The highest BCUT2D eigenvalue weighted by Crippen LogP contribution is 2.20. The maximum absolute atomic E-state index is 12.2. The number of amides is 1. The number of carboxylic acids is 1. The molecule has 2 rings (SSSR count). The maximum atomic E-state index is 12.2. The molecule has 0 aromatic heterocycles. The highest BCUT2D eigenvalue weighted by atomic mass is 16.4. The van der Waals surface area contributed by atoms with E-state index >= 15 is 0 Å². The van der Waals surface area contributed by atoms with Crippen molar-refractivity contribution in [2.24, 2.45) is 0 Å². The molecule has 6 heteroatoms. The number of hydrogen-bond donors (Lipinski definition) is 4. The largest absolute Gasteiger partial charge is 0.478 e. The van der Waals surface area contributed by atoms with Gasteiger partial charge in [-0.15, -0.1) is 0 Å². The molecule has 2 aromatic carbocycles. The topological polar surface area (TPSA) is 118 Å². The molecule has 0 saturated carbocycles. The lowest BCUT2D eigenvalue weighted by Gasteiger charge is -2.10. The van der Waals surface area contributed by atoms with Crippen LogP contribution in [0.15, 0.2) is 42.5 Å². The summed E-state index contributed by atoms with van der Waals surface area (Å²) in [5.41, 5.74) is 12.2. The number of aromatic carboxylic acids is 1. The van der Waals surface area contributed by atoms with Crippen LogP contribution < -0.4 is 16.8 Å². The molecule has 0 radical (unpaired) electrons. The molecule has 0 fully saturated rings. The Morgan fingerprint density at radius 2 is 1.65 bits per heavy atom. The van der Waals surface area contributed by atoms with Crippen molar-refractivity contribution >= 4 is 28.9 Å². The van der Waals surface area contributed by atoms with E-state index in [2.05, 4.69) is 5.32 Å². The number of hydrogen-bond acceptors (Lipinski definition) is 4. The van der Waals surface area contributed by atoms with Crippen LogP contribution in [-0.2, 0) is 0 Å². The normalized spacial score (nSPS) is 10.0. The summed E-state index contributed by atoms with van der Waals surface area (Å²) in [6, 6.07) is 10.8. The van der Waals surface area contributed by atoms with Crippen LogP contribution in [0.4, 0.5) is 17.1 Å². The van der Waals surface area contributed by atoms with Crippen molar-refractivity contribution in [2.75, 3.05) is 16.8 Å². The van der Waals surface area contributed by atoms with Crippen molar-refractivity contribution in [1.29, 1.82) is 0 Å². The van der Waals surface area contributed by atoms with Crippen molar-refractivity contribution in [3.05, 3.63) is 53.6 Å². The molecule has 0 aliphatic carbocycles. The lowest BCUT2D eigenvalue weighted by molar-refractivity contribution is 0.0692. The summed E-state index contributed by atoms with van der Waals surface area (Å²) in [5, 5.41) is 11.7. The third-order valence-electron chi connectivity index (χ3n) is 2.72. The number of carbonyl (C=O) groups is 2. The minimum Gasteiger partial charge on any atom is -0.478 e. The molecule has 0 aliphatic rings. The van der Waals surface area contributed by atoms with Crippen LogP contribution >= 0.6 is 0 Å². The first kappa shape index (κ1) is 13.4. The van der Waals surface area contributed by atoms with Gasteiger partial charge in [0.2, 0.25) is 0 Å². The van der Waals surface area contributed by atoms with E-state index in [0.29, 0.717) is 11.4 Å². The Bertz CT molecular complexity index is 666. The zero-order chi connectivity index (χ0) is 14.7. The van der Waals surface area contributed by atoms with Gasteiger partial charge >= 0.3 is 5.97 Å². The summed E-state index contributed by atoms with van der Waals surface area (Å²) in [7, 11) is 0. The Labute approximate surface area is 115 Å². The molecular weight excluding hydrogens is 258 g/mol. The van der Waals surface area contributed by atoms with Crippen molar-refractivity contribution in [3.63, 3.8) is 0 Å². The Hall–Kier alpha value is -3.02. The molecule has 0 atom stereocenters. The van der Waals surface area contributed by atoms with E-state index in [4.69, 9.17) is 16.6 Å². The summed E-state index contributed by atoms with van der Waals surface area (Å²) >= 11 is 0. The monoisotopic (exact) mass is 271 g/mol. The minimum atomic E-state index is -1.21. The van der Waals surface area contributed by atoms with Crippen LogP contribution in [0.5, 0.6) is 0 Å². The van der Waals surface area contributed by atoms with Crippen molar-refractivity contribution in [1.82, 2.24) is 0 Å². The molecule has 0 aliphatic heterocycles. The zero-order valence-electron chi connectivity index (χ0n) is 10.5. The second-order valence-electron chi connectivity index (χ2n) is 4.15. The van der Waals surface area contributed by atoms with E-state index in [-0.39, 0.29) is 16.8 Å². The summed E-state index contributed by atoms with van der Waals surface area (Å²) in [6.07, 6.45) is 0. The molecule has 6 N–H and O–H groups in total. The molecule has 6 nitrogen and oxygen atoms in total. The Balaban J connectivity index is 2.34. The average molecular weight is 271 g/mol. The van der Waals surface area contributed by atoms with Crippen molar-refractivity contribution < 1.29 is 14.7 Å². The van der Waals surface area contributed by atoms with Gasteiger partial charge in [-0.1, -0.05) is 6.07 Å². The second kappa shape index (κ2) is 5.31. The van der Waals surface area contributed by atoms with Gasteiger partial charge in [-0.05, 0) is 36.4 Å². The third-order valence-corrected chi connectivity index (χ3v) is 2.72.